The molecule has 0 aliphatic carbocycles. The molecule has 0 saturated carbocycles. The van der Waals surface area contributed by atoms with E-state index in [0.29, 0.717) is 0 Å². The topological polar surface area (TPSA) is 0 Å². The standard InChI is InChI=1S/C11H15F/c1-8-5-6-9(10(12)7-8)11(2,3)4/h5-7H,1-4H3. The van der Waals surface area contributed by atoms with Crippen LogP contribution in [0.3, 0.4) is 0 Å². The predicted octanol–water partition coefficient (Wildman–Crippen LogP) is 3.43. The molecule has 0 heterocycles. The van der Waals surface area contributed by atoms with Crippen molar-refractivity contribution in [2.45, 2.75) is 33.1 Å². The molecule has 0 aromatic heterocycles. The van der Waals surface area contributed by atoms with Crippen molar-refractivity contribution in [3.63, 3.8) is 0 Å². The number of halogens is 1. The minimum absolute atomic E-state index is 0.0949. The Hall–Kier alpha value is -0.850. The number of aryl methyl sites for hydroxylation is 1. The van der Waals surface area contributed by atoms with Crippen LogP contribution in [-0.2, 0) is 5.41 Å². The van der Waals surface area contributed by atoms with Crippen LogP contribution in [0.15, 0.2) is 18.2 Å². The van der Waals surface area contributed by atoms with E-state index in [1.807, 2.05) is 39.8 Å². The zero-order valence-electron chi connectivity index (χ0n) is 8.11. The average Bonchev–Trinajstić information content (AvgIpc) is 1.83. The van der Waals surface area contributed by atoms with E-state index < -0.39 is 0 Å². The first-order valence-electron chi connectivity index (χ1n) is 4.18. The lowest BCUT2D eigenvalue weighted by atomic mass is 9.86. The zero-order chi connectivity index (χ0) is 9.35. The molecule has 0 bridgehead atoms. The van der Waals surface area contributed by atoms with Gasteiger partial charge in [-0.05, 0) is 29.5 Å². The van der Waals surface area contributed by atoms with Gasteiger partial charge in [0.1, 0.15) is 5.82 Å². The highest BCUT2D eigenvalue weighted by Gasteiger charge is 2.17. The molecule has 0 unspecified atom stereocenters. The van der Waals surface area contributed by atoms with E-state index in [9.17, 15) is 4.39 Å². The fourth-order valence-corrected chi connectivity index (χ4v) is 1.23. The van der Waals surface area contributed by atoms with Crippen molar-refractivity contribution in [1.29, 1.82) is 0 Å². The highest BCUT2D eigenvalue weighted by atomic mass is 19.1. The van der Waals surface area contributed by atoms with E-state index in [0.717, 1.165) is 11.1 Å². The molecule has 1 rings (SSSR count). The van der Waals surface area contributed by atoms with Crippen LogP contribution in [0.1, 0.15) is 31.9 Å². The third kappa shape index (κ3) is 1.84. The molecule has 0 amide bonds. The summed E-state index contributed by atoms with van der Waals surface area (Å²) in [5.74, 6) is -0.0949. The fourth-order valence-electron chi connectivity index (χ4n) is 1.23. The van der Waals surface area contributed by atoms with Crippen molar-refractivity contribution in [2.24, 2.45) is 0 Å². The van der Waals surface area contributed by atoms with Crippen molar-refractivity contribution in [3.8, 4) is 0 Å². The fraction of sp³-hybridized carbons (Fsp3) is 0.455. The molecule has 66 valence electrons. The zero-order valence-corrected chi connectivity index (χ0v) is 8.11. The Bertz CT molecular complexity index is 282. The molecule has 1 heteroatoms. The molecule has 0 spiro atoms. The van der Waals surface area contributed by atoms with Crippen LogP contribution in [0.4, 0.5) is 4.39 Å². The van der Waals surface area contributed by atoms with Gasteiger partial charge in [-0.2, -0.15) is 0 Å². The van der Waals surface area contributed by atoms with Crippen molar-refractivity contribution >= 4 is 0 Å². The molecular formula is C11H15F. The summed E-state index contributed by atoms with van der Waals surface area (Å²) in [6, 6.07) is 5.40. The Balaban J connectivity index is 3.19. The van der Waals surface area contributed by atoms with Gasteiger partial charge in [-0.25, -0.2) is 4.39 Å². The molecule has 0 fully saturated rings. The summed E-state index contributed by atoms with van der Waals surface area (Å²) < 4.78 is 13.3. The first-order chi connectivity index (χ1) is 5.41. The Morgan fingerprint density at radius 2 is 1.75 bits per heavy atom. The van der Waals surface area contributed by atoms with Gasteiger partial charge in [0.15, 0.2) is 0 Å². The summed E-state index contributed by atoms with van der Waals surface area (Å²) >= 11 is 0. The molecule has 0 atom stereocenters. The van der Waals surface area contributed by atoms with Gasteiger partial charge in [0.2, 0.25) is 0 Å². The van der Waals surface area contributed by atoms with Crippen LogP contribution in [0.2, 0.25) is 0 Å². The van der Waals surface area contributed by atoms with E-state index in [4.69, 9.17) is 0 Å². The van der Waals surface area contributed by atoms with Crippen molar-refractivity contribution in [1.82, 2.24) is 0 Å². The van der Waals surface area contributed by atoms with Gasteiger partial charge in [0.25, 0.3) is 0 Å². The smallest absolute Gasteiger partial charge is 0.127 e. The van der Waals surface area contributed by atoms with Crippen LogP contribution in [0.5, 0.6) is 0 Å². The summed E-state index contributed by atoms with van der Waals surface area (Å²) in [4.78, 5) is 0. The second-order valence-corrected chi connectivity index (χ2v) is 4.23. The highest BCUT2D eigenvalue weighted by Crippen LogP contribution is 2.25. The molecular weight excluding hydrogens is 151 g/mol. The molecule has 1 aromatic carbocycles. The molecule has 0 radical (unpaired) electrons. The Morgan fingerprint density at radius 1 is 1.17 bits per heavy atom. The van der Waals surface area contributed by atoms with Gasteiger partial charge >= 0.3 is 0 Å². The summed E-state index contributed by atoms with van der Waals surface area (Å²) in [6.07, 6.45) is 0. The monoisotopic (exact) mass is 166 g/mol. The molecule has 0 N–H and O–H groups in total. The lowest BCUT2D eigenvalue weighted by molar-refractivity contribution is 0.522. The molecule has 1 aromatic rings. The molecule has 12 heavy (non-hydrogen) atoms. The Kier molecular flexibility index (Phi) is 2.22. The van der Waals surface area contributed by atoms with Crippen LogP contribution in [-0.4, -0.2) is 0 Å². The van der Waals surface area contributed by atoms with Gasteiger partial charge in [-0.15, -0.1) is 0 Å². The maximum atomic E-state index is 13.3. The first kappa shape index (κ1) is 9.24. The highest BCUT2D eigenvalue weighted by molar-refractivity contribution is 5.28. The van der Waals surface area contributed by atoms with Crippen LogP contribution >= 0.6 is 0 Å². The van der Waals surface area contributed by atoms with E-state index in [-0.39, 0.29) is 11.2 Å². The van der Waals surface area contributed by atoms with Gasteiger partial charge in [0, 0.05) is 0 Å². The average molecular weight is 166 g/mol. The van der Waals surface area contributed by atoms with Gasteiger partial charge in [-0.1, -0.05) is 32.9 Å². The second kappa shape index (κ2) is 2.89. The molecule has 0 saturated heterocycles. The lowest BCUT2D eigenvalue weighted by Crippen LogP contribution is -2.13. The van der Waals surface area contributed by atoms with Crippen LogP contribution in [0, 0.1) is 12.7 Å². The third-order valence-corrected chi connectivity index (χ3v) is 1.93. The minimum atomic E-state index is -0.0994. The summed E-state index contributed by atoms with van der Waals surface area (Å²) in [7, 11) is 0. The number of rotatable bonds is 0. The maximum Gasteiger partial charge on any atom is 0.127 e. The van der Waals surface area contributed by atoms with Gasteiger partial charge in [-0.3, -0.25) is 0 Å². The Morgan fingerprint density at radius 3 is 2.17 bits per heavy atom. The molecule has 0 nitrogen and oxygen atoms in total. The van der Waals surface area contributed by atoms with Crippen molar-refractivity contribution in [2.75, 3.05) is 0 Å². The lowest BCUT2D eigenvalue weighted by Gasteiger charge is -2.19. The van der Waals surface area contributed by atoms with Crippen LogP contribution in [0.25, 0.3) is 0 Å². The summed E-state index contributed by atoms with van der Waals surface area (Å²) in [5.41, 5.74) is 1.66. The van der Waals surface area contributed by atoms with E-state index in [2.05, 4.69) is 0 Å². The Labute approximate surface area is 73.4 Å². The largest absolute Gasteiger partial charge is 0.207 e. The van der Waals surface area contributed by atoms with Crippen LogP contribution < -0.4 is 0 Å². The quantitative estimate of drug-likeness (QED) is 0.554. The summed E-state index contributed by atoms with van der Waals surface area (Å²) in [5, 5.41) is 0. The molecule has 0 aliphatic heterocycles. The normalized spacial score (nSPS) is 11.8. The maximum absolute atomic E-state index is 13.3. The third-order valence-electron chi connectivity index (χ3n) is 1.93. The SMILES string of the molecule is Cc1ccc(C(C)(C)C)c(F)c1. The van der Waals surface area contributed by atoms with Gasteiger partial charge < -0.3 is 0 Å². The second-order valence-electron chi connectivity index (χ2n) is 4.23. The van der Waals surface area contributed by atoms with E-state index in [1.54, 1.807) is 6.07 Å². The summed E-state index contributed by atoms with van der Waals surface area (Å²) in [6.45, 7) is 7.94. The van der Waals surface area contributed by atoms with Crippen molar-refractivity contribution in [3.05, 3.63) is 35.1 Å². The number of hydrogen-bond donors (Lipinski definition) is 0. The predicted molar refractivity (Wildman–Crippen MR) is 49.8 cm³/mol. The number of benzene rings is 1. The van der Waals surface area contributed by atoms with Crippen molar-refractivity contribution < 1.29 is 4.39 Å². The van der Waals surface area contributed by atoms with E-state index in [1.165, 1.54) is 0 Å². The first-order valence-corrected chi connectivity index (χ1v) is 4.18. The molecule has 0 aliphatic rings. The minimum Gasteiger partial charge on any atom is -0.207 e. The number of hydrogen-bond acceptors (Lipinski definition) is 0. The van der Waals surface area contributed by atoms with E-state index >= 15 is 0 Å². The van der Waals surface area contributed by atoms with Gasteiger partial charge in [0.05, 0.1) is 0 Å².